The normalized spacial score (nSPS) is 13.5. The smallest absolute Gasteiger partial charge is 0.407 e. The maximum Gasteiger partial charge on any atom is 0.407 e. The molecule has 0 spiro atoms. The van der Waals surface area contributed by atoms with Crippen molar-refractivity contribution in [2.75, 3.05) is 20.3 Å². The van der Waals surface area contributed by atoms with Gasteiger partial charge in [-0.1, -0.05) is 0 Å². The lowest BCUT2D eigenvalue weighted by atomic mass is 10.1. The van der Waals surface area contributed by atoms with Crippen LogP contribution < -0.4 is 27.0 Å². The summed E-state index contributed by atoms with van der Waals surface area (Å²) in [5.41, 5.74) is 5.12. The Morgan fingerprint density at radius 2 is 1.88 bits per heavy atom. The molecule has 12 nitrogen and oxygen atoms in total. The predicted molar refractivity (Wildman–Crippen MR) is 90.8 cm³/mol. The summed E-state index contributed by atoms with van der Waals surface area (Å²) < 4.78 is 4.32. The number of nitrogens with two attached hydrogens (primary N) is 1. The number of nitrogens with one attached hydrogen (secondary N) is 5. The number of aliphatic hydroxyl groups excluding tert-OH is 1. The molecular formula is C14H25N6O6. The van der Waals surface area contributed by atoms with E-state index in [9.17, 15) is 19.2 Å². The van der Waals surface area contributed by atoms with Gasteiger partial charge in [-0.15, -0.1) is 0 Å². The Balaban J connectivity index is 4.45. The first-order valence-corrected chi connectivity index (χ1v) is 7.76. The van der Waals surface area contributed by atoms with Crippen LogP contribution in [0.1, 0.15) is 19.8 Å². The number of rotatable bonds is 11. The van der Waals surface area contributed by atoms with E-state index in [-0.39, 0.29) is 12.4 Å². The minimum atomic E-state index is -1.29. The summed E-state index contributed by atoms with van der Waals surface area (Å²) in [5.74, 6) is -1.63. The van der Waals surface area contributed by atoms with Gasteiger partial charge >= 0.3 is 6.09 Å². The number of carbonyl (C=O) groups is 3. The van der Waals surface area contributed by atoms with Gasteiger partial charge in [-0.2, -0.15) is 0 Å². The highest BCUT2D eigenvalue weighted by Crippen LogP contribution is 1.96. The second-order valence-electron chi connectivity index (χ2n) is 5.26. The van der Waals surface area contributed by atoms with Gasteiger partial charge < -0.3 is 36.8 Å². The first kappa shape index (κ1) is 23.1. The van der Waals surface area contributed by atoms with E-state index in [1.807, 2.05) is 0 Å². The lowest BCUT2D eigenvalue weighted by Gasteiger charge is -2.20. The number of hydrogen-bond donors (Lipinski definition) is 7. The molecule has 0 aromatic rings. The number of alkyl carbamates (subject to hydrolysis) is 1. The first-order chi connectivity index (χ1) is 12.2. The fourth-order valence-electron chi connectivity index (χ4n) is 1.76. The Bertz CT molecular complexity index is 514. The van der Waals surface area contributed by atoms with E-state index in [4.69, 9.17) is 16.2 Å². The van der Waals surface area contributed by atoms with Crippen LogP contribution >= 0.6 is 0 Å². The molecule has 0 unspecified atom stereocenters. The Morgan fingerprint density at radius 3 is 2.38 bits per heavy atom. The zero-order valence-corrected chi connectivity index (χ0v) is 14.6. The Labute approximate surface area is 150 Å². The molecule has 0 rings (SSSR count). The summed E-state index contributed by atoms with van der Waals surface area (Å²) in [7, 11) is 1.10. The van der Waals surface area contributed by atoms with Gasteiger partial charge in [0.2, 0.25) is 18.1 Å². The fourth-order valence-corrected chi connectivity index (χ4v) is 1.76. The standard InChI is InChI=1S/C14H25N6O6/c1-8(18-12(24)10(7-22)20-14(25)26-2)11(23)19-9(6-21)4-3-5-17-13(15)16/h8-10,22H,3-5,7H2,1-2H3,(H,18,24)(H,19,23)(H,20,25)(H4,15,16,17)/t8-,9-,10+/m0/s1. The largest absolute Gasteiger partial charge is 0.453 e. The van der Waals surface area contributed by atoms with Crippen molar-refractivity contribution in [3.63, 3.8) is 0 Å². The second-order valence-corrected chi connectivity index (χ2v) is 5.26. The van der Waals surface area contributed by atoms with Crippen molar-refractivity contribution in [2.24, 2.45) is 5.73 Å². The van der Waals surface area contributed by atoms with Gasteiger partial charge in [-0.3, -0.25) is 19.8 Å². The Morgan fingerprint density at radius 1 is 1.23 bits per heavy atom. The molecule has 8 N–H and O–H groups in total. The molecule has 0 bridgehead atoms. The van der Waals surface area contributed by atoms with Gasteiger partial charge in [0.1, 0.15) is 12.1 Å². The van der Waals surface area contributed by atoms with Gasteiger partial charge in [0.05, 0.1) is 19.8 Å². The summed E-state index contributed by atoms with van der Waals surface area (Å²) in [5, 5.41) is 25.5. The summed E-state index contributed by atoms with van der Waals surface area (Å²) in [6.45, 7) is 1.04. The molecule has 3 atom stereocenters. The molecule has 3 amide bonds. The number of carbonyl (C=O) groups excluding carboxylic acids is 4. The van der Waals surface area contributed by atoms with Crippen LogP contribution in [0.5, 0.6) is 0 Å². The van der Waals surface area contributed by atoms with Crippen LogP contribution in [0.2, 0.25) is 0 Å². The SMILES string of the molecule is COC(=O)N[C@H](CO)C(=O)N[C@@H](C)C(=O)N[C@H]([C]=O)CCCNC(=N)N. The minimum Gasteiger partial charge on any atom is -0.453 e. The molecule has 0 aromatic heterocycles. The number of guanidine groups is 1. The monoisotopic (exact) mass is 373 g/mol. The van der Waals surface area contributed by atoms with Gasteiger partial charge in [0, 0.05) is 6.54 Å². The fraction of sp³-hybridized carbons (Fsp3) is 0.643. The van der Waals surface area contributed by atoms with E-state index in [1.54, 1.807) is 6.29 Å². The van der Waals surface area contributed by atoms with Crippen molar-refractivity contribution in [1.82, 2.24) is 21.3 Å². The van der Waals surface area contributed by atoms with E-state index in [1.165, 1.54) is 6.92 Å². The quantitative estimate of drug-likeness (QED) is 0.113. The minimum absolute atomic E-state index is 0.198. The molecule has 0 fully saturated rings. The highest BCUT2D eigenvalue weighted by molar-refractivity contribution is 5.91. The average Bonchev–Trinajstić information content (AvgIpc) is 2.61. The van der Waals surface area contributed by atoms with Crippen molar-refractivity contribution in [2.45, 2.75) is 37.9 Å². The Hall–Kier alpha value is -2.89. The summed E-state index contributed by atoms with van der Waals surface area (Å²) in [6.07, 6.45) is 1.48. The van der Waals surface area contributed by atoms with E-state index < -0.39 is 42.6 Å². The lowest BCUT2D eigenvalue weighted by Crippen LogP contribution is -2.55. The highest BCUT2D eigenvalue weighted by Gasteiger charge is 2.25. The molecule has 0 aromatic carbocycles. The van der Waals surface area contributed by atoms with Gasteiger partial charge in [-0.05, 0) is 19.8 Å². The maximum atomic E-state index is 12.0. The summed E-state index contributed by atoms with van der Waals surface area (Å²) in [6, 6.07) is -3.21. The third kappa shape index (κ3) is 9.42. The number of aliphatic hydroxyl groups is 1. The highest BCUT2D eigenvalue weighted by atomic mass is 16.5. The molecule has 0 saturated carbocycles. The molecule has 26 heavy (non-hydrogen) atoms. The van der Waals surface area contributed by atoms with Crippen LogP contribution in [0, 0.1) is 5.41 Å². The van der Waals surface area contributed by atoms with Crippen LogP contribution in [0.25, 0.3) is 0 Å². The molecule has 147 valence electrons. The predicted octanol–water partition coefficient (Wildman–Crippen LogP) is -2.93. The van der Waals surface area contributed by atoms with Crippen molar-refractivity contribution >= 4 is 30.2 Å². The molecule has 0 aliphatic carbocycles. The molecule has 0 heterocycles. The van der Waals surface area contributed by atoms with Crippen LogP contribution in [0.3, 0.4) is 0 Å². The van der Waals surface area contributed by atoms with Gasteiger partial charge in [0.15, 0.2) is 5.96 Å². The van der Waals surface area contributed by atoms with Crippen LogP contribution in [0.4, 0.5) is 4.79 Å². The zero-order chi connectivity index (χ0) is 20.1. The molecule has 0 aliphatic heterocycles. The van der Waals surface area contributed by atoms with E-state index in [0.29, 0.717) is 13.0 Å². The second kappa shape index (κ2) is 12.5. The van der Waals surface area contributed by atoms with Gasteiger partial charge in [-0.25, -0.2) is 4.79 Å². The molecule has 12 heteroatoms. The van der Waals surface area contributed by atoms with Gasteiger partial charge in [0.25, 0.3) is 0 Å². The van der Waals surface area contributed by atoms with Crippen molar-refractivity contribution in [3.05, 3.63) is 0 Å². The number of methoxy groups -OCH3 is 1. The topological polar surface area (TPSA) is 196 Å². The van der Waals surface area contributed by atoms with Crippen LogP contribution in [0.15, 0.2) is 0 Å². The van der Waals surface area contributed by atoms with E-state index in [2.05, 4.69) is 26.0 Å². The van der Waals surface area contributed by atoms with Crippen molar-refractivity contribution < 1.29 is 29.0 Å². The number of hydrogen-bond acceptors (Lipinski definition) is 7. The van der Waals surface area contributed by atoms with Crippen molar-refractivity contribution in [3.8, 4) is 0 Å². The van der Waals surface area contributed by atoms with Crippen LogP contribution in [-0.4, -0.2) is 73.6 Å². The first-order valence-electron chi connectivity index (χ1n) is 7.76. The summed E-state index contributed by atoms with van der Waals surface area (Å²) >= 11 is 0. The number of ether oxygens (including phenoxy) is 1. The third-order valence-electron chi connectivity index (χ3n) is 3.17. The lowest BCUT2D eigenvalue weighted by molar-refractivity contribution is -0.130. The Kier molecular flexibility index (Phi) is 11.1. The summed E-state index contributed by atoms with van der Waals surface area (Å²) in [4.78, 5) is 46.0. The molecule has 0 saturated heterocycles. The van der Waals surface area contributed by atoms with E-state index >= 15 is 0 Å². The van der Waals surface area contributed by atoms with Crippen LogP contribution in [-0.2, 0) is 19.1 Å². The maximum absolute atomic E-state index is 12.0. The van der Waals surface area contributed by atoms with E-state index in [0.717, 1.165) is 7.11 Å². The molecule has 0 aliphatic rings. The number of amides is 3. The average molecular weight is 373 g/mol. The van der Waals surface area contributed by atoms with Crippen molar-refractivity contribution in [1.29, 1.82) is 5.41 Å². The zero-order valence-electron chi connectivity index (χ0n) is 14.6. The third-order valence-corrected chi connectivity index (χ3v) is 3.17. The molecule has 1 radical (unpaired) electrons. The molecular weight excluding hydrogens is 348 g/mol.